The summed E-state index contributed by atoms with van der Waals surface area (Å²) in [7, 11) is 0. The first-order valence-corrected chi connectivity index (χ1v) is 6.08. The summed E-state index contributed by atoms with van der Waals surface area (Å²) < 4.78 is 14.9. The Morgan fingerprint density at radius 1 is 1.44 bits per heavy atom. The lowest BCUT2D eigenvalue weighted by Gasteiger charge is -2.05. The zero-order valence-electron chi connectivity index (χ0n) is 9.48. The average Bonchev–Trinajstić information content (AvgIpc) is 3.08. The van der Waals surface area contributed by atoms with Gasteiger partial charge in [-0.3, -0.25) is 0 Å². The molecule has 2 aromatic rings. The number of tetrazole rings is 1. The number of nitrogens with zero attached hydrogens (tertiary/aromatic N) is 4. The van der Waals surface area contributed by atoms with E-state index in [1.54, 1.807) is 6.07 Å². The Morgan fingerprint density at radius 2 is 2.28 bits per heavy atom. The van der Waals surface area contributed by atoms with Crippen LogP contribution in [0.5, 0.6) is 0 Å². The first-order valence-electron chi connectivity index (χ1n) is 5.70. The van der Waals surface area contributed by atoms with Crippen LogP contribution in [-0.2, 0) is 6.54 Å². The van der Waals surface area contributed by atoms with Gasteiger partial charge >= 0.3 is 0 Å². The second-order valence-corrected chi connectivity index (χ2v) is 4.67. The van der Waals surface area contributed by atoms with Gasteiger partial charge in [0.15, 0.2) is 5.82 Å². The van der Waals surface area contributed by atoms with Crippen LogP contribution < -0.4 is 5.32 Å². The zero-order valence-corrected chi connectivity index (χ0v) is 10.2. The molecular formula is C11H11ClFN5. The second kappa shape index (κ2) is 4.62. The third-order valence-corrected chi connectivity index (χ3v) is 3.11. The molecule has 0 saturated heterocycles. The maximum atomic E-state index is 13.4. The maximum absolute atomic E-state index is 13.4. The van der Waals surface area contributed by atoms with Gasteiger partial charge in [0.1, 0.15) is 5.82 Å². The Kier molecular flexibility index (Phi) is 2.97. The molecular weight excluding hydrogens is 257 g/mol. The first-order chi connectivity index (χ1) is 8.74. The highest BCUT2D eigenvalue weighted by Gasteiger charge is 2.21. The van der Waals surface area contributed by atoms with Crippen molar-refractivity contribution in [2.45, 2.75) is 25.4 Å². The molecule has 1 aromatic carbocycles. The van der Waals surface area contributed by atoms with Crippen LogP contribution >= 0.6 is 11.6 Å². The number of hydrogen-bond donors (Lipinski definition) is 1. The van der Waals surface area contributed by atoms with E-state index in [9.17, 15) is 4.39 Å². The molecule has 0 amide bonds. The van der Waals surface area contributed by atoms with E-state index in [1.807, 2.05) is 0 Å². The van der Waals surface area contributed by atoms with Gasteiger partial charge in [-0.2, -0.15) is 4.68 Å². The number of rotatable bonds is 4. The molecule has 7 heteroatoms. The normalized spacial score (nSPS) is 15.0. The number of hydrogen-bond acceptors (Lipinski definition) is 4. The number of halogens is 2. The average molecular weight is 268 g/mol. The van der Waals surface area contributed by atoms with E-state index in [0.717, 1.165) is 0 Å². The molecule has 18 heavy (non-hydrogen) atoms. The van der Waals surface area contributed by atoms with Gasteiger partial charge in [-0.05, 0) is 35.4 Å². The van der Waals surface area contributed by atoms with Crippen molar-refractivity contribution in [1.82, 2.24) is 25.5 Å². The van der Waals surface area contributed by atoms with Crippen molar-refractivity contribution in [1.29, 1.82) is 0 Å². The maximum Gasteiger partial charge on any atom is 0.170 e. The fourth-order valence-electron chi connectivity index (χ4n) is 1.66. The Hall–Kier alpha value is -1.53. The third kappa shape index (κ3) is 2.34. The highest BCUT2D eigenvalue weighted by molar-refractivity contribution is 6.30. The summed E-state index contributed by atoms with van der Waals surface area (Å²) in [6, 6.07) is 5.06. The van der Waals surface area contributed by atoms with Crippen LogP contribution in [0.1, 0.15) is 18.7 Å². The summed E-state index contributed by atoms with van der Waals surface area (Å²) >= 11 is 5.64. The van der Waals surface area contributed by atoms with E-state index in [1.165, 1.54) is 29.7 Å². The lowest BCUT2D eigenvalue weighted by molar-refractivity contribution is 0.618. The molecule has 0 spiro atoms. The van der Waals surface area contributed by atoms with Crippen LogP contribution in [0.25, 0.3) is 5.69 Å². The predicted octanol–water partition coefficient (Wildman–Crippen LogP) is 1.71. The summed E-state index contributed by atoms with van der Waals surface area (Å²) in [5.41, 5.74) is 0.564. The summed E-state index contributed by atoms with van der Waals surface area (Å²) in [5.74, 6) is 0.175. The standard InChI is InChI=1S/C11H11ClFN5/c12-9-4-3-8(5-10(9)13)18-11(15-16-17-18)6-14-7-1-2-7/h3-5,7,14H,1-2,6H2. The van der Waals surface area contributed by atoms with Gasteiger partial charge in [0.05, 0.1) is 17.3 Å². The number of nitrogens with one attached hydrogen (secondary N) is 1. The van der Waals surface area contributed by atoms with Crippen LogP contribution in [0.4, 0.5) is 4.39 Å². The first kappa shape index (κ1) is 11.6. The van der Waals surface area contributed by atoms with Gasteiger partial charge in [0, 0.05) is 12.1 Å². The highest BCUT2D eigenvalue weighted by Crippen LogP contribution is 2.20. The SMILES string of the molecule is Fc1cc(-n2nnnc2CNC2CC2)ccc1Cl. The van der Waals surface area contributed by atoms with Gasteiger partial charge in [-0.25, -0.2) is 4.39 Å². The molecule has 0 unspecified atom stereocenters. The monoisotopic (exact) mass is 267 g/mol. The Labute approximate surface area is 108 Å². The fraction of sp³-hybridized carbons (Fsp3) is 0.364. The molecule has 1 aliphatic rings. The lowest BCUT2D eigenvalue weighted by atomic mass is 10.3. The molecule has 0 bridgehead atoms. The van der Waals surface area contributed by atoms with E-state index < -0.39 is 5.82 Å². The van der Waals surface area contributed by atoms with E-state index in [2.05, 4.69) is 20.8 Å². The van der Waals surface area contributed by atoms with Crippen LogP contribution in [0.2, 0.25) is 5.02 Å². The number of aromatic nitrogens is 4. The quantitative estimate of drug-likeness (QED) is 0.916. The van der Waals surface area contributed by atoms with E-state index in [4.69, 9.17) is 11.6 Å². The minimum Gasteiger partial charge on any atom is -0.307 e. The molecule has 1 saturated carbocycles. The van der Waals surface area contributed by atoms with Crippen LogP contribution in [0.3, 0.4) is 0 Å². The van der Waals surface area contributed by atoms with Crippen LogP contribution in [0, 0.1) is 5.82 Å². The molecule has 5 nitrogen and oxygen atoms in total. The molecule has 3 rings (SSSR count). The van der Waals surface area contributed by atoms with Gasteiger partial charge in [-0.15, -0.1) is 5.10 Å². The molecule has 1 heterocycles. The summed E-state index contributed by atoms with van der Waals surface area (Å²) in [6.45, 7) is 0.571. The molecule has 0 atom stereocenters. The Balaban J connectivity index is 1.85. The van der Waals surface area contributed by atoms with Crippen LogP contribution in [-0.4, -0.2) is 26.2 Å². The van der Waals surface area contributed by atoms with Crippen molar-refractivity contribution >= 4 is 11.6 Å². The smallest absolute Gasteiger partial charge is 0.170 e. The topological polar surface area (TPSA) is 55.6 Å². The minimum atomic E-state index is -0.481. The molecule has 1 N–H and O–H groups in total. The minimum absolute atomic E-state index is 0.0875. The van der Waals surface area contributed by atoms with Crippen molar-refractivity contribution in [2.24, 2.45) is 0 Å². The molecule has 1 fully saturated rings. The highest BCUT2D eigenvalue weighted by atomic mass is 35.5. The number of benzene rings is 1. The third-order valence-electron chi connectivity index (χ3n) is 2.81. The second-order valence-electron chi connectivity index (χ2n) is 4.26. The van der Waals surface area contributed by atoms with Gasteiger partial charge < -0.3 is 5.32 Å². The zero-order chi connectivity index (χ0) is 12.5. The van der Waals surface area contributed by atoms with E-state index in [-0.39, 0.29) is 5.02 Å². The summed E-state index contributed by atoms with van der Waals surface area (Å²) in [6.07, 6.45) is 2.38. The van der Waals surface area contributed by atoms with Gasteiger partial charge in [-0.1, -0.05) is 11.6 Å². The van der Waals surface area contributed by atoms with E-state index in [0.29, 0.717) is 24.1 Å². The van der Waals surface area contributed by atoms with Crippen LogP contribution in [0.15, 0.2) is 18.2 Å². The largest absolute Gasteiger partial charge is 0.307 e. The van der Waals surface area contributed by atoms with Gasteiger partial charge in [0.25, 0.3) is 0 Å². The van der Waals surface area contributed by atoms with Crippen molar-refractivity contribution in [2.75, 3.05) is 0 Å². The fourth-order valence-corrected chi connectivity index (χ4v) is 1.77. The van der Waals surface area contributed by atoms with Crippen molar-refractivity contribution < 1.29 is 4.39 Å². The Bertz CT molecular complexity index is 566. The lowest BCUT2D eigenvalue weighted by Crippen LogP contribution is -2.18. The molecule has 94 valence electrons. The van der Waals surface area contributed by atoms with Crippen molar-refractivity contribution in [3.63, 3.8) is 0 Å². The van der Waals surface area contributed by atoms with Gasteiger partial charge in [0.2, 0.25) is 0 Å². The molecule has 0 radical (unpaired) electrons. The molecule has 1 aliphatic carbocycles. The molecule has 1 aromatic heterocycles. The summed E-state index contributed by atoms with van der Waals surface area (Å²) in [4.78, 5) is 0. The van der Waals surface area contributed by atoms with Crippen molar-refractivity contribution in [3.8, 4) is 5.69 Å². The van der Waals surface area contributed by atoms with E-state index >= 15 is 0 Å². The summed E-state index contributed by atoms with van der Waals surface area (Å²) in [5, 5.41) is 14.8. The van der Waals surface area contributed by atoms with Crippen molar-refractivity contribution in [3.05, 3.63) is 34.9 Å². The Morgan fingerprint density at radius 3 is 3.00 bits per heavy atom. The molecule has 0 aliphatic heterocycles. The predicted molar refractivity (Wildman–Crippen MR) is 64.0 cm³/mol.